The highest BCUT2D eigenvalue weighted by molar-refractivity contribution is 5.83. The van der Waals surface area contributed by atoms with Gasteiger partial charge in [-0.05, 0) is 93.1 Å². The molecular formula is C46H55N5. The highest BCUT2D eigenvalue weighted by Crippen LogP contribution is 2.32. The highest BCUT2D eigenvalue weighted by Gasteiger charge is 2.15. The fraction of sp³-hybridized carbons (Fsp3) is 0.348. The molecule has 0 unspecified atom stereocenters. The molecule has 6 aromatic rings. The summed E-state index contributed by atoms with van der Waals surface area (Å²) in [5, 5.41) is 2.38. The molecule has 0 amide bonds. The first-order valence-electron chi connectivity index (χ1n) is 19.3. The van der Waals surface area contributed by atoms with E-state index in [0.717, 1.165) is 74.3 Å². The zero-order valence-corrected chi connectivity index (χ0v) is 31.2. The van der Waals surface area contributed by atoms with Gasteiger partial charge in [-0.15, -0.1) is 0 Å². The second-order valence-electron chi connectivity index (χ2n) is 13.7. The monoisotopic (exact) mass is 677 g/mol. The molecule has 0 saturated carbocycles. The Morgan fingerprint density at radius 1 is 0.490 bits per heavy atom. The maximum atomic E-state index is 4.99. The van der Waals surface area contributed by atoms with Gasteiger partial charge < -0.3 is 14.7 Å². The molecule has 0 spiro atoms. The van der Waals surface area contributed by atoms with Crippen LogP contribution in [0.2, 0.25) is 0 Å². The second-order valence-corrected chi connectivity index (χ2v) is 13.7. The van der Waals surface area contributed by atoms with E-state index >= 15 is 0 Å². The minimum absolute atomic E-state index is 1.05. The highest BCUT2D eigenvalue weighted by atomic mass is 15.2. The van der Waals surface area contributed by atoms with Gasteiger partial charge in [-0.3, -0.25) is 0 Å². The molecule has 1 aliphatic rings. The van der Waals surface area contributed by atoms with E-state index in [0.29, 0.717) is 0 Å². The molecule has 0 N–H and O–H groups in total. The molecule has 1 aliphatic heterocycles. The number of para-hydroxylation sites is 2. The van der Waals surface area contributed by atoms with Crippen LogP contribution in [0.1, 0.15) is 66.2 Å². The second kappa shape index (κ2) is 17.8. The van der Waals surface area contributed by atoms with Crippen molar-refractivity contribution in [1.29, 1.82) is 0 Å². The average Bonchev–Trinajstić information content (AvgIpc) is 3.73. The number of benzene rings is 4. The van der Waals surface area contributed by atoms with E-state index in [9.17, 15) is 0 Å². The Morgan fingerprint density at radius 3 is 1.49 bits per heavy atom. The minimum Gasteiger partial charge on any atom is -0.372 e. The molecule has 0 atom stereocenters. The van der Waals surface area contributed by atoms with Gasteiger partial charge in [-0.1, -0.05) is 88.4 Å². The van der Waals surface area contributed by atoms with Crippen LogP contribution in [-0.4, -0.2) is 49.2 Å². The normalized spacial score (nSPS) is 12.6. The zero-order valence-electron chi connectivity index (χ0n) is 31.2. The maximum Gasteiger partial charge on any atom is 0.0711 e. The Hall–Kier alpha value is -4.90. The van der Waals surface area contributed by atoms with E-state index in [1.807, 2.05) is 6.07 Å². The van der Waals surface area contributed by atoms with Crippen LogP contribution in [0.25, 0.3) is 44.3 Å². The van der Waals surface area contributed by atoms with Crippen molar-refractivity contribution in [2.75, 3.05) is 54.0 Å². The third-order valence-electron chi connectivity index (χ3n) is 9.71. The molecule has 3 heterocycles. The molecule has 264 valence electrons. The summed E-state index contributed by atoms with van der Waals surface area (Å²) in [6.07, 6.45) is 7.22. The van der Waals surface area contributed by atoms with E-state index in [1.54, 1.807) is 0 Å². The van der Waals surface area contributed by atoms with Crippen molar-refractivity contribution in [1.82, 2.24) is 9.97 Å². The summed E-state index contributed by atoms with van der Waals surface area (Å²) in [5.74, 6) is 0. The van der Waals surface area contributed by atoms with E-state index in [2.05, 4.69) is 152 Å². The maximum absolute atomic E-state index is 4.99. The lowest BCUT2D eigenvalue weighted by Gasteiger charge is -2.29. The minimum atomic E-state index is 1.05. The molecule has 1 saturated heterocycles. The number of rotatable bonds is 13. The fourth-order valence-corrected chi connectivity index (χ4v) is 7.22. The number of pyridine rings is 2. The number of anilines is 3. The lowest BCUT2D eigenvalue weighted by Crippen LogP contribution is -2.27. The largest absolute Gasteiger partial charge is 0.372 e. The van der Waals surface area contributed by atoms with Gasteiger partial charge in [0, 0.05) is 78.2 Å². The standard InChI is InChI=1S/C27H37N3.C19H18N2/c1-5-15-29(16-6-2)24-19-23(20-25(21-24)30(17-7-3)18-8-4)27-14-13-22-11-9-10-12-26(22)28-27;1-2-9-18-15(6-1)10-11-19(20-18)16-7-5-8-17(14-16)21-12-3-4-13-21/h9-14,19-21H,5-8,15-18H2,1-4H3;1-2,5-11,14H,3-4,12-13H2. The lowest BCUT2D eigenvalue weighted by atomic mass is 10.1. The van der Waals surface area contributed by atoms with Crippen LogP contribution < -0.4 is 14.7 Å². The number of nitrogens with zero attached hydrogens (tertiary/aromatic N) is 5. The van der Waals surface area contributed by atoms with Crippen LogP contribution in [0.5, 0.6) is 0 Å². The van der Waals surface area contributed by atoms with Crippen molar-refractivity contribution < 1.29 is 0 Å². The Balaban J connectivity index is 0.000000186. The molecule has 5 heteroatoms. The van der Waals surface area contributed by atoms with E-state index in [-0.39, 0.29) is 0 Å². The lowest BCUT2D eigenvalue weighted by molar-refractivity contribution is 0.736. The molecule has 1 fully saturated rings. The van der Waals surface area contributed by atoms with Crippen molar-refractivity contribution in [2.24, 2.45) is 0 Å². The van der Waals surface area contributed by atoms with Crippen LogP contribution in [0, 0.1) is 0 Å². The Labute approximate surface area is 306 Å². The van der Waals surface area contributed by atoms with Gasteiger partial charge in [0.1, 0.15) is 0 Å². The van der Waals surface area contributed by atoms with Gasteiger partial charge in [-0.25, -0.2) is 9.97 Å². The smallest absolute Gasteiger partial charge is 0.0711 e. The summed E-state index contributed by atoms with van der Waals surface area (Å²) < 4.78 is 0. The van der Waals surface area contributed by atoms with E-state index in [1.165, 1.54) is 64.9 Å². The Bertz CT molecular complexity index is 1950. The van der Waals surface area contributed by atoms with Crippen LogP contribution in [-0.2, 0) is 0 Å². The first-order chi connectivity index (χ1) is 25.1. The molecule has 2 aromatic heterocycles. The topological polar surface area (TPSA) is 35.5 Å². The quantitative estimate of drug-likeness (QED) is 0.122. The molecule has 0 radical (unpaired) electrons. The van der Waals surface area contributed by atoms with E-state index < -0.39 is 0 Å². The first kappa shape index (κ1) is 35.9. The molecule has 7 rings (SSSR count). The summed E-state index contributed by atoms with van der Waals surface area (Å²) >= 11 is 0. The number of hydrogen-bond acceptors (Lipinski definition) is 5. The number of fused-ring (bicyclic) bond motifs is 2. The van der Waals surface area contributed by atoms with Crippen LogP contribution in [0.4, 0.5) is 17.1 Å². The van der Waals surface area contributed by atoms with Crippen molar-refractivity contribution in [2.45, 2.75) is 66.2 Å². The Kier molecular flexibility index (Phi) is 12.6. The van der Waals surface area contributed by atoms with Crippen LogP contribution in [0.3, 0.4) is 0 Å². The molecule has 0 bridgehead atoms. The van der Waals surface area contributed by atoms with Crippen molar-refractivity contribution in [3.05, 3.63) is 115 Å². The van der Waals surface area contributed by atoms with Crippen molar-refractivity contribution in [3.8, 4) is 22.5 Å². The summed E-state index contributed by atoms with van der Waals surface area (Å²) in [6.45, 7) is 15.7. The summed E-state index contributed by atoms with van der Waals surface area (Å²) in [5.41, 5.74) is 10.6. The molecule has 0 aliphatic carbocycles. The van der Waals surface area contributed by atoms with E-state index in [4.69, 9.17) is 9.97 Å². The SMILES string of the molecule is CCCN(CCC)c1cc(-c2ccc3ccccc3n2)cc(N(CCC)CCC)c1.c1cc(-c2ccc3ccccc3n2)cc(N2CCCC2)c1. The van der Waals surface area contributed by atoms with Gasteiger partial charge in [-0.2, -0.15) is 0 Å². The first-order valence-corrected chi connectivity index (χ1v) is 19.3. The molecule has 4 aromatic carbocycles. The van der Waals surface area contributed by atoms with Gasteiger partial charge in [0.25, 0.3) is 0 Å². The summed E-state index contributed by atoms with van der Waals surface area (Å²) in [6, 6.07) is 41.1. The average molecular weight is 678 g/mol. The van der Waals surface area contributed by atoms with Gasteiger partial charge in [0.05, 0.1) is 22.4 Å². The number of aromatic nitrogens is 2. The molecule has 5 nitrogen and oxygen atoms in total. The van der Waals surface area contributed by atoms with Crippen LogP contribution >= 0.6 is 0 Å². The van der Waals surface area contributed by atoms with Gasteiger partial charge in [0.2, 0.25) is 0 Å². The van der Waals surface area contributed by atoms with Crippen molar-refractivity contribution in [3.63, 3.8) is 0 Å². The third-order valence-corrected chi connectivity index (χ3v) is 9.71. The third kappa shape index (κ3) is 9.07. The van der Waals surface area contributed by atoms with Gasteiger partial charge in [0.15, 0.2) is 0 Å². The van der Waals surface area contributed by atoms with Crippen LogP contribution in [0.15, 0.2) is 115 Å². The predicted octanol–water partition coefficient (Wildman–Crippen LogP) is 11.7. The zero-order chi connectivity index (χ0) is 35.4. The molecule has 51 heavy (non-hydrogen) atoms. The predicted molar refractivity (Wildman–Crippen MR) is 221 cm³/mol. The summed E-state index contributed by atoms with van der Waals surface area (Å²) in [4.78, 5) is 17.3. The van der Waals surface area contributed by atoms with Crippen molar-refractivity contribution >= 4 is 38.9 Å². The Morgan fingerprint density at radius 2 is 0.980 bits per heavy atom. The fourth-order valence-electron chi connectivity index (χ4n) is 7.22. The summed E-state index contributed by atoms with van der Waals surface area (Å²) in [7, 11) is 0. The molecular weight excluding hydrogens is 623 g/mol. The number of hydrogen-bond donors (Lipinski definition) is 0. The van der Waals surface area contributed by atoms with Gasteiger partial charge >= 0.3 is 0 Å².